The molecule has 0 aliphatic heterocycles. The summed E-state index contributed by atoms with van der Waals surface area (Å²) in [6.07, 6.45) is 1.87. The minimum Gasteiger partial charge on any atom is -0.325 e. The largest absolute Gasteiger partial charge is 0.325 e. The Bertz CT molecular complexity index is 941. The Hall–Kier alpha value is -2.50. The summed E-state index contributed by atoms with van der Waals surface area (Å²) in [6.45, 7) is 6.49. The van der Waals surface area contributed by atoms with Crippen LogP contribution in [0.15, 0.2) is 30.6 Å². The van der Waals surface area contributed by atoms with Gasteiger partial charge in [0.15, 0.2) is 0 Å². The molecule has 0 aliphatic rings. The van der Waals surface area contributed by atoms with Crippen LogP contribution in [0.25, 0.3) is 27.6 Å². The molecule has 6 nitrogen and oxygen atoms in total. The van der Waals surface area contributed by atoms with Crippen molar-refractivity contribution in [2.45, 2.75) is 26.3 Å². The van der Waals surface area contributed by atoms with Crippen LogP contribution in [0.3, 0.4) is 0 Å². The first-order chi connectivity index (χ1) is 9.57. The number of imidazole rings is 1. The smallest absolute Gasteiger partial charge is 0.207 e. The van der Waals surface area contributed by atoms with Crippen molar-refractivity contribution in [1.29, 1.82) is 0 Å². The minimum atomic E-state index is -0.0523. The number of fused-ring (bicyclic) bond motifs is 6. The van der Waals surface area contributed by atoms with Crippen LogP contribution in [-0.2, 0) is 5.54 Å². The summed E-state index contributed by atoms with van der Waals surface area (Å²) in [5.74, 6) is 0. The molecule has 4 aromatic rings. The van der Waals surface area contributed by atoms with E-state index in [2.05, 4.69) is 51.9 Å². The van der Waals surface area contributed by atoms with Crippen LogP contribution in [0.5, 0.6) is 0 Å². The molecule has 4 rings (SSSR count). The van der Waals surface area contributed by atoms with E-state index in [1.54, 1.807) is 4.52 Å². The highest BCUT2D eigenvalue weighted by Crippen LogP contribution is 2.30. The Morgan fingerprint density at radius 1 is 1.10 bits per heavy atom. The number of aromatic nitrogens is 6. The first-order valence-corrected chi connectivity index (χ1v) is 6.54. The molecule has 0 amide bonds. The van der Waals surface area contributed by atoms with E-state index in [-0.39, 0.29) is 5.54 Å². The fourth-order valence-corrected chi connectivity index (χ4v) is 2.63. The Morgan fingerprint density at radius 2 is 1.90 bits per heavy atom. The summed E-state index contributed by atoms with van der Waals surface area (Å²) < 4.78 is 3.93. The van der Waals surface area contributed by atoms with Gasteiger partial charge in [0.05, 0.1) is 17.4 Å². The van der Waals surface area contributed by atoms with Gasteiger partial charge in [0.1, 0.15) is 5.52 Å². The number of benzene rings is 1. The summed E-state index contributed by atoms with van der Waals surface area (Å²) in [6, 6.07) is 8.13. The van der Waals surface area contributed by atoms with Crippen molar-refractivity contribution in [3.05, 3.63) is 30.6 Å². The lowest BCUT2D eigenvalue weighted by atomic mass is 10.1. The van der Waals surface area contributed by atoms with Gasteiger partial charge in [0.2, 0.25) is 5.65 Å². The number of nitrogens with zero attached hydrogens (tertiary/aromatic N) is 6. The third-order valence-electron chi connectivity index (χ3n) is 3.56. The molecular formula is C14H14N6. The van der Waals surface area contributed by atoms with Gasteiger partial charge in [-0.1, -0.05) is 18.2 Å². The van der Waals surface area contributed by atoms with Gasteiger partial charge in [-0.3, -0.25) is 0 Å². The molecule has 0 saturated carbocycles. The average molecular weight is 266 g/mol. The van der Waals surface area contributed by atoms with Crippen molar-refractivity contribution >= 4 is 27.6 Å². The van der Waals surface area contributed by atoms with Crippen molar-refractivity contribution < 1.29 is 0 Å². The molecule has 3 heterocycles. The second-order valence-electron chi connectivity index (χ2n) is 5.91. The molecule has 6 heteroatoms. The summed E-state index contributed by atoms with van der Waals surface area (Å²) in [7, 11) is 0. The van der Waals surface area contributed by atoms with Crippen molar-refractivity contribution in [2.24, 2.45) is 0 Å². The van der Waals surface area contributed by atoms with Crippen molar-refractivity contribution in [3.8, 4) is 0 Å². The first kappa shape index (κ1) is 11.3. The zero-order valence-corrected chi connectivity index (χ0v) is 11.6. The molecule has 20 heavy (non-hydrogen) atoms. The van der Waals surface area contributed by atoms with Crippen LogP contribution in [-0.4, -0.2) is 29.6 Å². The van der Waals surface area contributed by atoms with Crippen LogP contribution in [0.2, 0.25) is 0 Å². The lowest BCUT2D eigenvalue weighted by Gasteiger charge is -2.22. The minimum absolute atomic E-state index is 0.0523. The van der Waals surface area contributed by atoms with E-state index in [9.17, 15) is 0 Å². The normalized spacial score (nSPS) is 12.8. The summed E-state index contributed by atoms with van der Waals surface area (Å²) in [4.78, 5) is 4.54. The maximum Gasteiger partial charge on any atom is 0.207 e. The molecule has 0 saturated heterocycles. The quantitative estimate of drug-likeness (QED) is 0.490. The summed E-state index contributed by atoms with van der Waals surface area (Å²) >= 11 is 0. The van der Waals surface area contributed by atoms with Gasteiger partial charge in [-0.05, 0) is 37.3 Å². The Labute approximate surface area is 115 Å². The third kappa shape index (κ3) is 1.33. The number of tetrazole rings is 1. The predicted octanol–water partition coefficient (Wildman–Crippen LogP) is 2.38. The first-order valence-electron chi connectivity index (χ1n) is 6.54. The molecule has 0 fully saturated rings. The summed E-state index contributed by atoms with van der Waals surface area (Å²) in [5.41, 5.74) is 3.55. The maximum absolute atomic E-state index is 4.54. The number of hydrogen-bond acceptors (Lipinski definition) is 4. The van der Waals surface area contributed by atoms with Gasteiger partial charge < -0.3 is 4.57 Å². The van der Waals surface area contributed by atoms with E-state index in [0.717, 1.165) is 21.9 Å². The Kier molecular flexibility index (Phi) is 2.00. The standard InChI is InChI=1S/C14H14N6/c1-14(2,3)19-8-15-11-12(19)9-6-4-5-7-10(9)20-13(11)16-17-18-20/h4-8H,1-3H3. The monoisotopic (exact) mass is 266 g/mol. The molecule has 0 bridgehead atoms. The van der Waals surface area contributed by atoms with E-state index < -0.39 is 0 Å². The highest BCUT2D eigenvalue weighted by atomic mass is 15.5. The van der Waals surface area contributed by atoms with Crippen LogP contribution in [0.4, 0.5) is 0 Å². The topological polar surface area (TPSA) is 60.9 Å². The predicted molar refractivity (Wildman–Crippen MR) is 76.6 cm³/mol. The van der Waals surface area contributed by atoms with E-state index in [0.29, 0.717) is 5.65 Å². The molecule has 0 atom stereocenters. The van der Waals surface area contributed by atoms with Gasteiger partial charge in [-0.25, -0.2) is 4.98 Å². The van der Waals surface area contributed by atoms with E-state index in [1.165, 1.54) is 0 Å². The maximum atomic E-state index is 4.54. The average Bonchev–Trinajstić information content (AvgIpc) is 3.04. The fourth-order valence-electron chi connectivity index (χ4n) is 2.63. The molecule has 100 valence electrons. The molecule has 0 spiro atoms. The molecule has 0 radical (unpaired) electrons. The second kappa shape index (κ2) is 3.53. The molecule has 0 N–H and O–H groups in total. The molecule has 3 aromatic heterocycles. The van der Waals surface area contributed by atoms with Gasteiger partial charge >= 0.3 is 0 Å². The van der Waals surface area contributed by atoms with Crippen molar-refractivity contribution in [3.63, 3.8) is 0 Å². The number of hydrogen-bond donors (Lipinski definition) is 0. The molecule has 1 aromatic carbocycles. The second-order valence-corrected chi connectivity index (χ2v) is 5.91. The van der Waals surface area contributed by atoms with Gasteiger partial charge in [-0.2, -0.15) is 4.52 Å². The zero-order valence-electron chi connectivity index (χ0n) is 11.6. The number of rotatable bonds is 0. The highest BCUT2D eigenvalue weighted by molar-refractivity contribution is 6.08. The van der Waals surface area contributed by atoms with Crippen LogP contribution in [0, 0.1) is 0 Å². The Balaban J connectivity index is 2.36. The van der Waals surface area contributed by atoms with Gasteiger partial charge in [0, 0.05) is 10.9 Å². The van der Waals surface area contributed by atoms with Crippen LogP contribution < -0.4 is 0 Å². The number of para-hydroxylation sites is 1. The zero-order chi connectivity index (χ0) is 13.9. The van der Waals surface area contributed by atoms with Gasteiger partial charge in [0.25, 0.3) is 0 Å². The lowest BCUT2D eigenvalue weighted by Crippen LogP contribution is -2.20. The van der Waals surface area contributed by atoms with E-state index in [1.807, 2.05) is 24.5 Å². The molecule has 0 unspecified atom stereocenters. The molecule has 0 aliphatic carbocycles. The van der Waals surface area contributed by atoms with Crippen LogP contribution in [0.1, 0.15) is 20.8 Å². The summed E-state index contributed by atoms with van der Waals surface area (Å²) in [5, 5.41) is 13.1. The van der Waals surface area contributed by atoms with Crippen LogP contribution >= 0.6 is 0 Å². The Morgan fingerprint density at radius 3 is 2.70 bits per heavy atom. The van der Waals surface area contributed by atoms with E-state index in [4.69, 9.17) is 0 Å². The highest BCUT2D eigenvalue weighted by Gasteiger charge is 2.21. The van der Waals surface area contributed by atoms with E-state index >= 15 is 0 Å². The SMILES string of the molecule is CC(C)(C)n1cnc2c1c1ccccc1n1nnnc21. The number of pyridine rings is 1. The van der Waals surface area contributed by atoms with Crippen molar-refractivity contribution in [2.75, 3.05) is 0 Å². The van der Waals surface area contributed by atoms with Gasteiger partial charge in [-0.15, -0.1) is 5.10 Å². The third-order valence-corrected chi connectivity index (χ3v) is 3.56. The molecular weight excluding hydrogens is 252 g/mol. The van der Waals surface area contributed by atoms with Crippen molar-refractivity contribution in [1.82, 2.24) is 29.6 Å². The fraction of sp³-hybridized carbons (Fsp3) is 0.286. The lowest BCUT2D eigenvalue weighted by molar-refractivity contribution is 0.409.